The third kappa shape index (κ3) is 2.76. The van der Waals surface area contributed by atoms with Gasteiger partial charge in [0.2, 0.25) is 5.95 Å². The van der Waals surface area contributed by atoms with E-state index in [9.17, 15) is 9.18 Å². The van der Waals surface area contributed by atoms with Crippen LogP contribution in [0.2, 0.25) is 0 Å². The Morgan fingerprint density at radius 3 is 2.43 bits per heavy atom. The molecule has 21 heavy (non-hydrogen) atoms. The predicted molar refractivity (Wildman–Crippen MR) is 73.5 cm³/mol. The molecule has 6 nitrogen and oxygen atoms in total. The number of hydrogen-bond donors (Lipinski definition) is 1. The van der Waals surface area contributed by atoms with Crippen molar-refractivity contribution < 1.29 is 9.18 Å². The van der Waals surface area contributed by atoms with Crippen molar-refractivity contribution >= 4 is 11.6 Å². The largest absolute Gasteiger partial charge is 0.322 e. The highest BCUT2D eigenvalue weighted by Gasteiger charge is 2.12. The topological polar surface area (TPSA) is 72.7 Å². The van der Waals surface area contributed by atoms with Crippen molar-refractivity contribution in [2.75, 3.05) is 5.32 Å². The molecule has 2 aromatic heterocycles. The van der Waals surface area contributed by atoms with E-state index >= 15 is 0 Å². The Morgan fingerprint density at radius 2 is 1.76 bits per heavy atom. The summed E-state index contributed by atoms with van der Waals surface area (Å²) in [5, 5.41) is 10.6. The minimum absolute atomic E-state index is 0.102. The highest BCUT2D eigenvalue weighted by Crippen LogP contribution is 2.13. The molecule has 0 aliphatic heterocycles. The number of anilines is 1. The predicted octanol–water partition coefficient (Wildman–Crippen LogP) is 2.05. The lowest BCUT2D eigenvalue weighted by atomic mass is 10.2. The standard InChI is InChI=1S/C14H10FN5O/c15-13-12(2-1-7-16-13)14(21)19-10-3-5-11(6-4-10)20-17-8-9-18-20/h1-9H,(H,19,21). The second-order valence-corrected chi connectivity index (χ2v) is 4.16. The van der Waals surface area contributed by atoms with Crippen LogP contribution in [0.25, 0.3) is 5.69 Å². The van der Waals surface area contributed by atoms with Gasteiger partial charge in [-0.1, -0.05) is 0 Å². The Hall–Kier alpha value is -3.09. The van der Waals surface area contributed by atoms with E-state index in [2.05, 4.69) is 20.5 Å². The second-order valence-electron chi connectivity index (χ2n) is 4.16. The maximum Gasteiger partial charge on any atom is 0.260 e. The molecule has 0 saturated carbocycles. The van der Waals surface area contributed by atoms with Crippen molar-refractivity contribution in [1.29, 1.82) is 0 Å². The van der Waals surface area contributed by atoms with Crippen LogP contribution in [0, 0.1) is 5.95 Å². The van der Waals surface area contributed by atoms with Crippen LogP contribution in [-0.4, -0.2) is 25.9 Å². The number of nitrogens with one attached hydrogen (secondary N) is 1. The number of benzene rings is 1. The number of aromatic nitrogens is 4. The smallest absolute Gasteiger partial charge is 0.260 e. The third-order valence-corrected chi connectivity index (χ3v) is 2.78. The summed E-state index contributed by atoms with van der Waals surface area (Å²) in [6.45, 7) is 0. The lowest BCUT2D eigenvalue weighted by molar-refractivity contribution is 0.102. The second kappa shape index (κ2) is 5.49. The van der Waals surface area contributed by atoms with Crippen molar-refractivity contribution in [3.8, 4) is 5.69 Å². The summed E-state index contributed by atoms with van der Waals surface area (Å²) in [7, 11) is 0. The lowest BCUT2D eigenvalue weighted by Gasteiger charge is -2.06. The van der Waals surface area contributed by atoms with Crippen LogP contribution in [0.4, 0.5) is 10.1 Å². The lowest BCUT2D eigenvalue weighted by Crippen LogP contribution is -2.14. The van der Waals surface area contributed by atoms with Crippen molar-refractivity contribution in [2.45, 2.75) is 0 Å². The molecule has 7 heteroatoms. The highest BCUT2D eigenvalue weighted by atomic mass is 19.1. The van der Waals surface area contributed by atoms with Gasteiger partial charge in [0.25, 0.3) is 5.91 Å². The number of nitrogens with zero attached hydrogens (tertiary/aromatic N) is 4. The quantitative estimate of drug-likeness (QED) is 0.747. The Balaban J connectivity index is 1.77. The summed E-state index contributed by atoms with van der Waals surface area (Å²) in [6, 6.07) is 9.74. The molecule has 0 fully saturated rings. The Morgan fingerprint density at radius 1 is 1.05 bits per heavy atom. The van der Waals surface area contributed by atoms with Gasteiger partial charge in [0.1, 0.15) is 0 Å². The maximum atomic E-state index is 13.4. The van der Waals surface area contributed by atoms with Crippen molar-refractivity contribution in [3.63, 3.8) is 0 Å². The van der Waals surface area contributed by atoms with Gasteiger partial charge in [-0.2, -0.15) is 19.4 Å². The summed E-state index contributed by atoms with van der Waals surface area (Å²) in [4.78, 5) is 16.8. The molecule has 0 atom stereocenters. The Bertz CT molecular complexity index is 755. The van der Waals surface area contributed by atoms with E-state index < -0.39 is 11.9 Å². The molecule has 1 N–H and O–H groups in total. The summed E-state index contributed by atoms with van der Waals surface area (Å²) >= 11 is 0. The zero-order valence-electron chi connectivity index (χ0n) is 10.8. The van der Waals surface area contributed by atoms with Gasteiger partial charge < -0.3 is 5.32 Å². The summed E-state index contributed by atoms with van der Waals surface area (Å²) in [5.74, 6) is -1.35. The maximum absolute atomic E-state index is 13.4. The third-order valence-electron chi connectivity index (χ3n) is 2.78. The first-order chi connectivity index (χ1) is 10.2. The Kier molecular flexibility index (Phi) is 3.38. The fourth-order valence-electron chi connectivity index (χ4n) is 1.78. The van der Waals surface area contributed by atoms with E-state index in [-0.39, 0.29) is 5.56 Å². The number of carbonyl (C=O) groups is 1. The molecule has 0 aliphatic rings. The zero-order valence-corrected chi connectivity index (χ0v) is 10.8. The molecule has 3 aromatic rings. The molecule has 0 bridgehead atoms. The average molecular weight is 283 g/mol. The van der Waals surface area contributed by atoms with Gasteiger partial charge in [-0.3, -0.25) is 4.79 Å². The van der Waals surface area contributed by atoms with Gasteiger partial charge in [0.15, 0.2) is 0 Å². The normalized spacial score (nSPS) is 10.3. The van der Waals surface area contributed by atoms with Crippen LogP contribution < -0.4 is 5.32 Å². The van der Waals surface area contributed by atoms with Crippen LogP contribution in [0.1, 0.15) is 10.4 Å². The van der Waals surface area contributed by atoms with Crippen LogP contribution in [0.5, 0.6) is 0 Å². The van der Waals surface area contributed by atoms with E-state index in [0.29, 0.717) is 5.69 Å². The molecule has 0 saturated heterocycles. The van der Waals surface area contributed by atoms with Crippen molar-refractivity contribution in [3.05, 3.63) is 66.5 Å². The minimum atomic E-state index is -0.799. The van der Waals surface area contributed by atoms with E-state index in [1.54, 1.807) is 36.7 Å². The van der Waals surface area contributed by atoms with Gasteiger partial charge in [-0.05, 0) is 36.4 Å². The molecule has 1 aromatic carbocycles. The van der Waals surface area contributed by atoms with Gasteiger partial charge in [0.05, 0.1) is 23.6 Å². The van der Waals surface area contributed by atoms with Gasteiger partial charge >= 0.3 is 0 Å². The van der Waals surface area contributed by atoms with Gasteiger partial charge in [-0.15, -0.1) is 0 Å². The van der Waals surface area contributed by atoms with E-state index in [4.69, 9.17) is 0 Å². The van der Waals surface area contributed by atoms with Crippen molar-refractivity contribution in [2.24, 2.45) is 0 Å². The summed E-state index contributed by atoms with van der Waals surface area (Å²) in [5.41, 5.74) is 1.19. The van der Waals surface area contributed by atoms with Crippen LogP contribution in [0.3, 0.4) is 0 Å². The molecule has 0 radical (unpaired) electrons. The Labute approximate surface area is 119 Å². The van der Waals surface area contributed by atoms with Crippen LogP contribution in [0.15, 0.2) is 55.0 Å². The molecule has 0 spiro atoms. The fourth-order valence-corrected chi connectivity index (χ4v) is 1.78. The molecule has 2 heterocycles. The summed E-state index contributed by atoms with van der Waals surface area (Å²) < 4.78 is 13.4. The fraction of sp³-hybridized carbons (Fsp3) is 0. The molecule has 1 amide bonds. The zero-order chi connectivity index (χ0) is 14.7. The first kappa shape index (κ1) is 12.9. The van der Waals surface area contributed by atoms with E-state index in [1.807, 2.05) is 0 Å². The van der Waals surface area contributed by atoms with Gasteiger partial charge in [-0.25, -0.2) is 4.98 Å². The van der Waals surface area contributed by atoms with Crippen LogP contribution >= 0.6 is 0 Å². The number of rotatable bonds is 3. The molecular weight excluding hydrogens is 273 g/mol. The van der Waals surface area contributed by atoms with Crippen LogP contribution in [-0.2, 0) is 0 Å². The average Bonchev–Trinajstić information content (AvgIpc) is 3.02. The molecule has 0 aliphatic carbocycles. The molecule has 104 valence electrons. The molecular formula is C14H10FN5O. The first-order valence-corrected chi connectivity index (χ1v) is 6.12. The minimum Gasteiger partial charge on any atom is -0.322 e. The number of pyridine rings is 1. The van der Waals surface area contributed by atoms with Gasteiger partial charge in [0, 0.05) is 11.9 Å². The van der Waals surface area contributed by atoms with Crippen molar-refractivity contribution in [1.82, 2.24) is 20.0 Å². The molecule has 0 unspecified atom stereocenters. The highest BCUT2D eigenvalue weighted by molar-refractivity contribution is 6.04. The number of amides is 1. The van der Waals surface area contributed by atoms with E-state index in [1.165, 1.54) is 23.1 Å². The molecule has 3 rings (SSSR count). The number of halogens is 1. The monoisotopic (exact) mass is 283 g/mol. The SMILES string of the molecule is O=C(Nc1ccc(-n2nccn2)cc1)c1cccnc1F. The summed E-state index contributed by atoms with van der Waals surface area (Å²) in [6.07, 6.45) is 4.43. The number of hydrogen-bond acceptors (Lipinski definition) is 4. The number of carbonyl (C=O) groups excluding carboxylic acids is 1. The first-order valence-electron chi connectivity index (χ1n) is 6.12. The van der Waals surface area contributed by atoms with E-state index in [0.717, 1.165) is 5.69 Å².